The third kappa shape index (κ3) is 1.74. The van der Waals surface area contributed by atoms with Gasteiger partial charge in [-0.1, -0.05) is 19.3 Å². The first-order chi connectivity index (χ1) is 6.27. The van der Waals surface area contributed by atoms with Crippen molar-refractivity contribution >= 4 is 11.8 Å². The minimum absolute atomic E-state index is 0.0249. The molecule has 1 saturated carbocycles. The Balaban J connectivity index is 2.11. The van der Waals surface area contributed by atoms with Gasteiger partial charge in [-0.15, -0.1) is 0 Å². The Kier molecular flexibility index (Phi) is 2.34. The molecule has 2 amide bonds. The van der Waals surface area contributed by atoms with Gasteiger partial charge in [0, 0.05) is 12.3 Å². The third-order valence-electron chi connectivity index (χ3n) is 3.21. The molecule has 13 heavy (non-hydrogen) atoms. The lowest BCUT2D eigenvalue weighted by Gasteiger charge is -2.27. The first-order valence-electron chi connectivity index (χ1n) is 5.11. The summed E-state index contributed by atoms with van der Waals surface area (Å²) in [5.74, 6) is 0.361. The number of fused-ring (bicyclic) bond motifs is 1. The summed E-state index contributed by atoms with van der Waals surface area (Å²) in [6.45, 7) is 0. The van der Waals surface area contributed by atoms with Crippen LogP contribution in [0.5, 0.6) is 0 Å². The second-order valence-electron chi connectivity index (χ2n) is 4.12. The van der Waals surface area contributed by atoms with Gasteiger partial charge in [0.1, 0.15) is 0 Å². The molecule has 2 rings (SSSR count). The summed E-state index contributed by atoms with van der Waals surface area (Å²) in [6.07, 6.45) is 6.14. The Morgan fingerprint density at radius 3 is 2.69 bits per heavy atom. The van der Waals surface area contributed by atoms with Crippen LogP contribution in [0.3, 0.4) is 0 Å². The van der Waals surface area contributed by atoms with Crippen LogP contribution in [0.15, 0.2) is 0 Å². The number of imide groups is 1. The predicted molar refractivity (Wildman–Crippen MR) is 47.8 cm³/mol. The maximum atomic E-state index is 11.5. The molecule has 1 heterocycles. The van der Waals surface area contributed by atoms with E-state index in [1.54, 1.807) is 0 Å². The molecule has 2 aliphatic rings. The number of piperidine rings is 1. The summed E-state index contributed by atoms with van der Waals surface area (Å²) in [5, 5.41) is 2.43. The van der Waals surface area contributed by atoms with E-state index in [0.717, 1.165) is 19.3 Å². The van der Waals surface area contributed by atoms with Crippen LogP contribution in [0.2, 0.25) is 0 Å². The van der Waals surface area contributed by atoms with E-state index in [2.05, 4.69) is 5.32 Å². The van der Waals surface area contributed by atoms with Crippen LogP contribution in [0.25, 0.3) is 0 Å². The van der Waals surface area contributed by atoms with Crippen molar-refractivity contribution in [1.82, 2.24) is 5.32 Å². The molecule has 1 saturated heterocycles. The maximum absolute atomic E-state index is 11.5. The molecule has 3 nitrogen and oxygen atoms in total. The summed E-state index contributed by atoms with van der Waals surface area (Å²) < 4.78 is 0. The highest BCUT2D eigenvalue weighted by Gasteiger charge is 2.35. The Hall–Kier alpha value is -0.860. The lowest BCUT2D eigenvalue weighted by molar-refractivity contribution is -0.139. The van der Waals surface area contributed by atoms with Crippen LogP contribution in [-0.4, -0.2) is 11.8 Å². The molecular formula is C10H15NO2. The number of hydrogen-bond donors (Lipinski definition) is 1. The molecule has 0 aromatic carbocycles. The molecule has 0 spiro atoms. The molecule has 2 atom stereocenters. The number of amides is 2. The van der Waals surface area contributed by atoms with Crippen molar-refractivity contribution in [2.24, 2.45) is 11.8 Å². The zero-order valence-electron chi connectivity index (χ0n) is 7.71. The average molecular weight is 181 g/mol. The Bertz CT molecular complexity index is 237. The van der Waals surface area contributed by atoms with Crippen molar-refractivity contribution in [3.63, 3.8) is 0 Å². The van der Waals surface area contributed by atoms with E-state index in [1.807, 2.05) is 0 Å². The molecule has 0 aromatic rings. The van der Waals surface area contributed by atoms with Crippen molar-refractivity contribution in [3.8, 4) is 0 Å². The summed E-state index contributed by atoms with van der Waals surface area (Å²) in [7, 11) is 0. The van der Waals surface area contributed by atoms with Gasteiger partial charge < -0.3 is 0 Å². The lowest BCUT2D eigenvalue weighted by atomic mass is 9.82. The van der Waals surface area contributed by atoms with Crippen LogP contribution in [0.4, 0.5) is 0 Å². The highest BCUT2D eigenvalue weighted by atomic mass is 16.2. The quantitative estimate of drug-likeness (QED) is 0.571. The van der Waals surface area contributed by atoms with E-state index in [0.29, 0.717) is 12.3 Å². The molecule has 2 fully saturated rings. The zero-order chi connectivity index (χ0) is 9.26. The minimum Gasteiger partial charge on any atom is -0.296 e. The number of rotatable bonds is 0. The molecule has 0 aromatic heterocycles. The first-order valence-corrected chi connectivity index (χ1v) is 5.11. The number of carbonyl (C=O) groups excluding carboxylic acids is 2. The average Bonchev–Trinajstić information content (AvgIpc) is 2.28. The van der Waals surface area contributed by atoms with Crippen LogP contribution < -0.4 is 5.32 Å². The first kappa shape index (κ1) is 8.73. The Labute approximate surface area is 77.9 Å². The fourth-order valence-electron chi connectivity index (χ4n) is 2.49. The third-order valence-corrected chi connectivity index (χ3v) is 3.21. The normalized spacial score (nSPS) is 34.8. The van der Waals surface area contributed by atoms with Gasteiger partial charge in [-0.2, -0.15) is 0 Å². The fraction of sp³-hybridized carbons (Fsp3) is 0.800. The molecule has 1 aliphatic heterocycles. The van der Waals surface area contributed by atoms with Crippen molar-refractivity contribution in [2.45, 2.75) is 38.5 Å². The second kappa shape index (κ2) is 3.48. The lowest BCUT2D eigenvalue weighted by Crippen LogP contribution is -2.45. The standard InChI is InChI=1S/C10H15NO2/c12-9-6-7-4-2-1-3-5-8(7)10(13)11-9/h7-8H,1-6H2,(H,11,12,13)/t7-,8+/m1/s1. The van der Waals surface area contributed by atoms with Crippen molar-refractivity contribution < 1.29 is 9.59 Å². The van der Waals surface area contributed by atoms with Crippen LogP contribution in [0, 0.1) is 11.8 Å². The van der Waals surface area contributed by atoms with Crippen LogP contribution in [0.1, 0.15) is 38.5 Å². The maximum Gasteiger partial charge on any atom is 0.229 e. The number of hydrogen-bond acceptors (Lipinski definition) is 2. The largest absolute Gasteiger partial charge is 0.296 e. The van der Waals surface area contributed by atoms with Gasteiger partial charge in [-0.25, -0.2) is 0 Å². The molecule has 0 unspecified atom stereocenters. The van der Waals surface area contributed by atoms with E-state index in [4.69, 9.17) is 0 Å². The number of carbonyl (C=O) groups is 2. The van der Waals surface area contributed by atoms with E-state index < -0.39 is 0 Å². The molecule has 1 aliphatic carbocycles. The van der Waals surface area contributed by atoms with Crippen LogP contribution in [-0.2, 0) is 9.59 Å². The summed E-state index contributed by atoms with van der Waals surface area (Å²) in [6, 6.07) is 0. The van der Waals surface area contributed by atoms with Gasteiger partial charge in [0.15, 0.2) is 0 Å². The molecule has 72 valence electrons. The summed E-state index contributed by atoms with van der Waals surface area (Å²) in [5.41, 5.74) is 0. The fourth-order valence-corrected chi connectivity index (χ4v) is 2.49. The Morgan fingerprint density at radius 1 is 1.08 bits per heavy atom. The van der Waals surface area contributed by atoms with E-state index >= 15 is 0 Å². The van der Waals surface area contributed by atoms with Crippen molar-refractivity contribution in [3.05, 3.63) is 0 Å². The van der Waals surface area contributed by atoms with Gasteiger partial charge in [-0.3, -0.25) is 14.9 Å². The van der Waals surface area contributed by atoms with Gasteiger partial charge in [0.2, 0.25) is 11.8 Å². The topological polar surface area (TPSA) is 46.2 Å². The molecule has 0 bridgehead atoms. The minimum atomic E-state index is -0.0758. The SMILES string of the molecule is O=C1C[C@H]2CCCCC[C@@H]2C(=O)N1. The second-order valence-corrected chi connectivity index (χ2v) is 4.12. The van der Waals surface area contributed by atoms with Crippen molar-refractivity contribution in [2.75, 3.05) is 0 Å². The number of nitrogens with one attached hydrogen (secondary N) is 1. The van der Waals surface area contributed by atoms with E-state index in [9.17, 15) is 9.59 Å². The highest BCUT2D eigenvalue weighted by molar-refractivity contribution is 5.99. The predicted octanol–water partition coefficient (Wildman–Crippen LogP) is 1.23. The van der Waals surface area contributed by atoms with Gasteiger partial charge >= 0.3 is 0 Å². The van der Waals surface area contributed by atoms with E-state index in [-0.39, 0.29) is 17.7 Å². The van der Waals surface area contributed by atoms with Crippen LogP contribution >= 0.6 is 0 Å². The highest BCUT2D eigenvalue weighted by Crippen LogP contribution is 2.33. The smallest absolute Gasteiger partial charge is 0.229 e. The van der Waals surface area contributed by atoms with Gasteiger partial charge in [-0.05, 0) is 18.8 Å². The monoisotopic (exact) mass is 181 g/mol. The molecule has 0 radical (unpaired) electrons. The van der Waals surface area contributed by atoms with Gasteiger partial charge in [0.05, 0.1) is 0 Å². The summed E-state index contributed by atoms with van der Waals surface area (Å²) in [4.78, 5) is 22.6. The molecular weight excluding hydrogens is 166 g/mol. The zero-order valence-corrected chi connectivity index (χ0v) is 7.71. The van der Waals surface area contributed by atoms with Gasteiger partial charge in [0.25, 0.3) is 0 Å². The van der Waals surface area contributed by atoms with Crippen molar-refractivity contribution in [1.29, 1.82) is 0 Å². The Morgan fingerprint density at radius 2 is 1.85 bits per heavy atom. The van der Waals surface area contributed by atoms with E-state index in [1.165, 1.54) is 12.8 Å². The summed E-state index contributed by atoms with van der Waals surface area (Å²) >= 11 is 0. The molecule has 1 N–H and O–H groups in total. The molecule has 3 heteroatoms.